The van der Waals surface area contributed by atoms with Gasteiger partial charge in [-0.25, -0.2) is 9.59 Å². The average Bonchev–Trinajstić information content (AvgIpc) is 3.29. The molecule has 0 saturated heterocycles. The average molecular weight is 849 g/mol. The molecule has 0 amide bonds. The number of fused-ring (bicyclic) bond motifs is 2. The van der Waals surface area contributed by atoms with Crippen molar-refractivity contribution in [1.82, 2.24) is 0 Å². The largest absolute Gasteiger partial charge is 0.488 e. The fraction of sp³-hybridized carbons (Fsp3) is 0.571. The molecule has 0 fully saturated rings. The lowest BCUT2D eigenvalue weighted by atomic mass is 10.0. The maximum atomic E-state index is 13.4. The Morgan fingerprint density at radius 3 is 0.984 bits per heavy atom. The minimum Gasteiger partial charge on any atom is -0.488 e. The van der Waals surface area contributed by atoms with Crippen molar-refractivity contribution in [2.75, 3.05) is 26.4 Å². The van der Waals surface area contributed by atoms with E-state index in [-0.39, 0.29) is 25.2 Å². The third-order valence-corrected chi connectivity index (χ3v) is 12.0. The smallest absolute Gasteiger partial charge is 0.341 e. The Hall–Kier alpha value is -4.32. The Labute approximate surface area is 375 Å². The van der Waals surface area contributed by atoms with Crippen LogP contribution in [0.2, 0.25) is 0 Å². The normalized spacial score (nSPS) is 11.3. The number of hydrogen-bond acceptors (Lipinski definition) is 6. The summed E-state index contributed by atoms with van der Waals surface area (Å²) in [4.78, 5) is 26.8. The molecule has 0 radical (unpaired) electrons. The minimum atomic E-state index is -0.385. The number of ether oxygens (including phenoxy) is 4. The first kappa shape index (κ1) is 50.3. The number of carbonyl (C=O) groups is 2. The summed E-state index contributed by atoms with van der Waals surface area (Å²) in [5.74, 6) is 0.126. The van der Waals surface area contributed by atoms with Gasteiger partial charge in [0.1, 0.15) is 35.8 Å². The van der Waals surface area contributed by atoms with E-state index in [1.54, 1.807) is 0 Å². The number of rotatable bonds is 36. The molecule has 4 rings (SSSR count). The van der Waals surface area contributed by atoms with E-state index in [2.05, 4.69) is 20.4 Å². The second-order valence-corrected chi connectivity index (χ2v) is 17.5. The maximum absolute atomic E-state index is 13.4. The summed E-state index contributed by atoms with van der Waals surface area (Å²) < 4.78 is 24.0. The number of hydrogen-bond donors (Lipinski definition) is 0. The van der Waals surface area contributed by atoms with Crippen molar-refractivity contribution in [3.05, 3.63) is 96.1 Å². The molecule has 0 unspecified atom stereocenters. The van der Waals surface area contributed by atoms with Crippen LogP contribution in [0.1, 0.15) is 202 Å². The summed E-state index contributed by atoms with van der Waals surface area (Å²) in [6.45, 7) is 9.78. The predicted molar refractivity (Wildman–Crippen MR) is 260 cm³/mol. The predicted octanol–water partition coefficient (Wildman–Crippen LogP) is 16.5. The molecular formula is C56H80O6. The molecule has 6 nitrogen and oxygen atoms in total. The Morgan fingerprint density at radius 1 is 0.403 bits per heavy atom. The van der Waals surface area contributed by atoms with Gasteiger partial charge < -0.3 is 18.9 Å². The third-order valence-electron chi connectivity index (χ3n) is 12.0. The summed E-state index contributed by atoms with van der Waals surface area (Å²) in [5.41, 5.74) is 1.45. The highest BCUT2D eigenvalue weighted by molar-refractivity contribution is 5.99. The van der Waals surface area contributed by atoms with E-state index in [1.807, 2.05) is 72.8 Å². The molecule has 340 valence electrons. The highest BCUT2D eigenvalue weighted by Crippen LogP contribution is 2.30. The second-order valence-electron chi connectivity index (χ2n) is 17.5. The van der Waals surface area contributed by atoms with Crippen molar-refractivity contribution in [2.24, 2.45) is 0 Å². The van der Waals surface area contributed by atoms with Crippen molar-refractivity contribution in [3.63, 3.8) is 0 Å². The summed E-state index contributed by atoms with van der Waals surface area (Å²) >= 11 is 0. The van der Waals surface area contributed by atoms with Crippen molar-refractivity contribution < 1.29 is 28.5 Å². The number of benzene rings is 4. The van der Waals surface area contributed by atoms with Crippen molar-refractivity contribution in [3.8, 4) is 11.5 Å². The van der Waals surface area contributed by atoms with E-state index >= 15 is 0 Å². The number of esters is 2. The highest BCUT2D eigenvalue weighted by Gasteiger charge is 2.19. The van der Waals surface area contributed by atoms with E-state index in [0.29, 0.717) is 41.4 Å². The lowest BCUT2D eigenvalue weighted by Gasteiger charge is -2.16. The van der Waals surface area contributed by atoms with E-state index in [4.69, 9.17) is 18.9 Å². The third kappa shape index (κ3) is 19.8. The van der Waals surface area contributed by atoms with Gasteiger partial charge in [-0.3, -0.25) is 0 Å². The molecule has 4 aromatic carbocycles. The zero-order valence-corrected chi connectivity index (χ0v) is 38.8. The van der Waals surface area contributed by atoms with E-state index in [1.165, 1.54) is 141 Å². The Balaban J connectivity index is 1.20. The summed E-state index contributed by atoms with van der Waals surface area (Å²) in [6.07, 6.45) is 33.0. The topological polar surface area (TPSA) is 71.1 Å². The first-order chi connectivity index (χ1) is 30.5. The molecular weight excluding hydrogens is 769 g/mol. The summed E-state index contributed by atoms with van der Waals surface area (Å²) in [6, 6.07) is 23.3. The standard InChI is InChI=1S/C56H80O6/c1-4-6-8-10-12-14-16-18-20-22-24-26-32-38-59-55(57)51-40-47-34-28-30-36-49(47)42-53(51)61-44-46(3)45-62-54-43-50-37-31-29-35-48(50)41-52(54)56(58)60-39-33-27-25-23-21-19-17-15-13-11-9-7-5-2/h28-31,34-37,40-43H,3-27,32-33,38-39,44-45H2,1-2H3. The molecule has 0 atom stereocenters. The van der Waals surface area contributed by atoms with Gasteiger partial charge in [-0.05, 0) is 64.2 Å². The van der Waals surface area contributed by atoms with Crippen LogP contribution in [0.15, 0.2) is 84.9 Å². The summed E-state index contributed by atoms with van der Waals surface area (Å²) in [5, 5.41) is 3.82. The molecule has 0 spiro atoms. The molecule has 0 aromatic heterocycles. The van der Waals surface area contributed by atoms with E-state index < -0.39 is 0 Å². The molecule has 0 heterocycles. The van der Waals surface area contributed by atoms with Crippen LogP contribution < -0.4 is 9.47 Å². The van der Waals surface area contributed by atoms with Crippen LogP contribution in [0.25, 0.3) is 21.5 Å². The van der Waals surface area contributed by atoms with Crippen LogP contribution in [0, 0.1) is 0 Å². The van der Waals surface area contributed by atoms with Gasteiger partial charge in [0.15, 0.2) is 0 Å². The van der Waals surface area contributed by atoms with Gasteiger partial charge in [0, 0.05) is 0 Å². The fourth-order valence-electron chi connectivity index (χ4n) is 8.12. The van der Waals surface area contributed by atoms with Crippen LogP contribution in [-0.4, -0.2) is 38.4 Å². The van der Waals surface area contributed by atoms with Crippen LogP contribution in [0.4, 0.5) is 0 Å². The quantitative estimate of drug-likeness (QED) is 0.0258. The molecule has 0 aliphatic rings. The number of carbonyl (C=O) groups excluding carboxylic acids is 2. The van der Waals surface area contributed by atoms with Gasteiger partial charge in [-0.2, -0.15) is 0 Å². The monoisotopic (exact) mass is 849 g/mol. The molecule has 62 heavy (non-hydrogen) atoms. The fourth-order valence-corrected chi connectivity index (χ4v) is 8.12. The lowest BCUT2D eigenvalue weighted by Crippen LogP contribution is -2.14. The van der Waals surface area contributed by atoms with E-state index in [0.717, 1.165) is 47.2 Å². The highest BCUT2D eigenvalue weighted by atomic mass is 16.5. The molecule has 4 aromatic rings. The Morgan fingerprint density at radius 2 is 0.677 bits per heavy atom. The lowest BCUT2D eigenvalue weighted by molar-refractivity contribution is 0.0484. The molecule has 0 aliphatic heterocycles. The molecule has 6 heteroatoms. The van der Waals surface area contributed by atoms with Gasteiger partial charge in [0.05, 0.1) is 13.2 Å². The zero-order chi connectivity index (χ0) is 43.9. The van der Waals surface area contributed by atoms with Crippen molar-refractivity contribution in [2.45, 2.75) is 181 Å². The van der Waals surface area contributed by atoms with Gasteiger partial charge in [0.2, 0.25) is 0 Å². The van der Waals surface area contributed by atoms with Gasteiger partial charge in [-0.1, -0.05) is 223 Å². The SMILES string of the molecule is C=C(COc1cc2ccccc2cc1C(=O)OCCCCCCCCCCCCCCC)COc1cc2ccccc2cc1C(=O)OCCCCCCCCCCCCCCC. The molecule has 0 saturated carbocycles. The van der Waals surface area contributed by atoms with Crippen LogP contribution in [0.5, 0.6) is 11.5 Å². The van der Waals surface area contributed by atoms with Crippen molar-refractivity contribution >= 4 is 33.5 Å². The zero-order valence-electron chi connectivity index (χ0n) is 38.8. The van der Waals surface area contributed by atoms with Crippen molar-refractivity contribution in [1.29, 1.82) is 0 Å². The van der Waals surface area contributed by atoms with E-state index in [9.17, 15) is 9.59 Å². The molecule has 0 aliphatic carbocycles. The second kappa shape index (κ2) is 31.5. The van der Waals surface area contributed by atoms with Crippen LogP contribution in [-0.2, 0) is 9.47 Å². The van der Waals surface area contributed by atoms with Gasteiger partial charge in [-0.15, -0.1) is 0 Å². The summed E-state index contributed by atoms with van der Waals surface area (Å²) in [7, 11) is 0. The molecule has 0 N–H and O–H groups in total. The maximum Gasteiger partial charge on any atom is 0.341 e. The molecule has 0 bridgehead atoms. The first-order valence-corrected chi connectivity index (χ1v) is 24.8. The van der Waals surface area contributed by atoms with Gasteiger partial charge in [0.25, 0.3) is 0 Å². The Bertz CT molecular complexity index is 1730. The van der Waals surface area contributed by atoms with Crippen LogP contribution >= 0.6 is 0 Å². The number of unbranched alkanes of at least 4 members (excludes halogenated alkanes) is 24. The first-order valence-electron chi connectivity index (χ1n) is 24.8. The van der Waals surface area contributed by atoms with Crippen LogP contribution in [0.3, 0.4) is 0 Å². The Kier molecular flexibility index (Phi) is 25.6. The van der Waals surface area contributed by atoms with Gasteiger partial charge >= 0.3 is 11.9 Å². The minimum absolute atomic E-state index is 0.129.